The summed E-state index contributed by atoms with van der Waals surface area (Å²) < 4.78 is 10.8. The van der Waals surface area contributed by atoms with Crippen LogP contribution in [0.5, 0.6) is 0 Å². The van der Waals surface area contributed by atoms with Crippen molar-refractivity contribution in [3.05, 3.63) is 0 Å². The van der Waals surface area contributed by atoms with Crippen LogP contribution in [-0.2, 0) is 9.47 Å². The third kappa shape index (κ3) is 1.31. The Morgan fingerprint density at radius 1 is 0.923 bits per heavy atom. The van der Waals surface area contributed by atoms with E-state index >= 15 is 0 Å². The summed E-state index contributed by atoms with van der Waals surface area (Å²) in [5.74, 6) is 1.75. The topological polar surface area (TPSA) is 18.5 Å². The zero-order chi connectivity index (χ0) is 9.31. The molecule has 0 unspecified atom stereocenters. The maximum absolute atomic E-state index is 5.38. The molecule has 0 aromatic heterocycles. The molecular weight excluding hydrogens is 164 g/mol. The summed E-state index contributed by atoms with van der Waals surface area (Å²) in [6, 6.07) is 0. The zero-order valence-corrected chi connectivity index (χ0v) is 8.71. The van der Waals surface area contributed by atoms with E-state index in [2.05, 4.69) is 0 Å². The number of fused-ring (bicyclic) bond motifs is 2. The van der Waals surface area contributed by atoms with Gasteiger partial charge in [-0.05, 0) is 37.5 Å². The highest BCUT2D eigenvalue weighted by Crippen LogP contribution is 2.58. The van der Waals surface area contributed by atoms with Crippen molar-refractivity contribution in [1.29, 1.82) is 0 Å². The van der Waals surface area contributed by atoms with Crippen LogP contribution in [0.1, 0.15) is 25.7 Å². The van der Waals surface area contributed by atoms with Gasteiger partial charge in [0.2, 0.25) is 0 Å². The Labute approximate surface area is 80.6 Å². The van der Waals surface area contributed by atoms with Gasteiger partial charge in [-0.2, -0.15) is 0 Å². The normalized spacial score (nSPS) is 35.5. The van der Waals surface area contributed by atoms with Crippen LogP contribution < -0.4 is 0 Å². The summed E-state index contributed by atoms with van der Waals surface area (Å²) in [6.45, 7) is 1.80. The molecule has 0 saturated heterocycles. The minimum atomic E-state index is 0.378. The van der Waals surface area contributed by atoms with Crippen LogP contribution in [0.15, 0.2) is 0 Å². The van der Waals surface area contributed by atoms with E-state index < -0.39 is 0 Å². The molecule has 76 valence electrons. The second kappa shape index (κ2) is 3.58. The molecule has 2 fully saturated rings. The molecule has 2 bridgehead atoms. The van der Waals surface area contributed by atoms with Crippen molar-refractivity contribution in [3.63, 3.8) is 0 Å². The lowest BCUT2D eigenvalue weighted by Gasteiger charge is -2.32. The Hall–Kier alpha value is -0.0800. The maximum Gasteiger partial charge on any atom is 0.0546 e. The second-order valence-electron chi connectivity index (χ2n) is 4.65. The lowest BCUT2D eigenvalue weighted by molar-refractivity contribution is -0.0204. The molecule has 2 aliphatic rings. The smallest absolute Gasteiger partial charge is 0.0546 e. The highest BCUT2D eigenvalue weighted by molar-refractivity contribution is 5.03. The van der Waals surface area contributed by atoms with Crippen molar-refractivity contribution in [2.75, 3.05) is 27.4 Å². The predicted molar refractivity (Wildman–Crippen MR) is 51.6 cm³/mol. The second-order valence-corrected chi connectivity index (χ2v) is 4.65. The minimum absolute atomic E-state index is 0.378. The maximum atomic E-state index is 5.38. The first kappa shape index (κ1) is 9.47. The molecule has 0 atom stereocenters. The van der Waals surface area contributed by atoms with Gasteiger partial charge in [0.15, 0.2) is 0 Å². The third-order valence-electron chi connectivity index (χ3n) is 4.18. The Morgan fingerprint density at radius 2 is 1.31 bits per heavy atom. The molecule has 0 heterocycles. The van der Waals surface area contributed by atoms with E-state index in [1.54, 1.807) is 0 Å². The first-order chi connectivity index (χ1) is 6.33. The molecule has 0 aromatic rings. The number of rotatable bonds is 4. The van der Waals surface area contributed by atoms with Gasteiger partial charge in [-0.3, -0.25) is 0 Å². The molecule has 2 nitrogen and oxygen atoms in total. The third-order valence-corrected chi connectivity index (χ3v) is 4.18. The lowest BCUT2D eigenvalue weighted by atomic mass is 9.79. The Morgan fingerprint density at radius 3 is 1.62 bits per heavy atom. The van der Waals surface area contributed by atoms with Crippen LogP contribution in [0, 0.1) is 17.3 Å². The Bertz CT molecular complexity index is 151. The fourth-order valence-electron chi connectivity index (χ4n) is 3.63. The molecule has 2 heteroatoms. The zero-order valence-electron chi connectivity index (χ0n) is 8.71. The highest BCUT2D eigenvalue weighted by atomic mass is 16.5. The molecule has 0 radical (unpaired) electrons. The van der Waals surface area contributed by atoms with Gasteiger partial charge in [0.1, 0.15) is 0 Å². The molecule has 2 rings (SSSR count). The number of hydrogen-bond acceptors (Lipinski definition) is 2. The van der Waals surface area contributed by atoms with Gasteiger partial charge in [-0.1, -0.05) is 0 Å². The van der Waals surface area contributed by atoms with E-state index in [1.807, 2.05) is 14.2 Å². The fourth-order valence-corrected chi connectivity index (χ4v) is 3.63. The summed E-state index contributed by atoms with van der Waals surface area (Å²) in [6.07, 6.45) is 5.60. The quantitative estimate of drug-likeness (QED) is 0.666. The van der Waals surface area contributed by atoms with Gasteiger partial charge in [0.05, 0.1) is 13.2 Å². The lowest BCUT2D eigenvalue weighted by Crippen LogP contribution is -2.36. The summed E-state index contributed by atoms with van der Waals surface area (Å²) in [4.78, 5) is 0. The SMILES string of the molecule is COCC1(COC)C2CCC1CC2. The van der Waals surface area contributed by atoms with Gasteiger partial charge in [0, 0.05) is 19.6 Å². The first-order valence-electron chi connectivity index (χ1n) is 5.31. The van der Waals surface area contributed by atoms with Crippen molar-refractivity contribution in [2.45, 2.75) is 25.7 Å². The largest absolute Gasteiger partial charge is 0.384 e. The van der Waals surface area contributed by atoms with E-state index in [9.17, 15) is 0 Å². The molecule has 0 aromatic carbocycles. The summed E-state index contributed by atoms with van der Waals surface area (Å²) in [5.41, 5.74) is 0.378. The molecule has 0 N–H and O–H groups in total. The molecule has 13 heavy (non-hydrogen) atoms. The van der Waals surface area contributed by atoms with Gasteiger partial charge >= 0.3 is 0 Å². The van der Waals surface area contributed by atoms with Crippen LogP contribution in [0.2, 0.25) is 0 Å². The minimum Gasteiger partial charge on any atom is -0.384 e. The van der Waals surface area contributed by atoms with E-state index in [0.717, 1.165) is 25.0 Å². The van der Waals surface area contributed by atoms with Gasteiger partial charge < -0.3 is 9.47 Å². The van der Waals surface area contributed by atoms with Crippen LogP contribution in [0.25, 0.3) is 0 Å². The van der Waals surface area contributed by atoms with Crippen molar-refractivity contribution in [1.82, 2.24) is 0 Å². The fraction of sp³-hybridized carbons (Fsp3) is 1.00. The predicted octanol–water partition coefficient (Wildman–Crippen LogP) is 2.09. The number of methoxy groups -OCH3 is 2. The molecule has 0 spiro atoms. The summed E-state index contributed by atoms with van der Waals surface area (Å²) in [7, 11) is 3.63. The average Bonchev–Trinajstić information content (AvgIpc) is 2.63. The standard InChI is InChI=1S/C11H20O2/c1-12-7-11(8-13-2)9-3-4-10(11)6-5-9/h9-10H,3-8H2,1-2H3. The van der Waals surface area contributed by atoms with Crippen molar-refractivity contribution < 1.29 is 9.47 Å². The molecule has 0 aliphatic heterocycles. The van der Waals surface area contributed by atoms with Gasteiger partial charge in [-0.25, -0.2) is 0 Å². The van der Waals surface area contributed by atoms with Crippen LogP contribution in [0.3, 0.4) is 0 Å². The van der Waals surface area contributed by atoms with Crippen LogP contribution in [0.4, 0.5) is 0 Å². The molecular formula is C11H20O2. The first-order valence-corrected chi connectivity index (χ1v) is 5.31. The molecule has 0 amide bonds. The Balaban J connectivity index is 2.12. The van der Waals surface area contributed by atoms with E-state index in [0.29, 0.717) is 5.41 Å². The van der Waals surface area contributed by atoms with E-state index in [-0.39, 0.29) is 0 Å². The molecule has 2 saturated carbocycles. The van der Waals surface area contributed by atoms with Gasteiger partial charge in [0.25, 0.3) is 0 Å². The van der Waals surface area contributed by atoms with E-state index in [1.165, 1.54) is 25.7 Å². The summed E-state index contributed by atoms with van der Waals surface area (Å²) in [5, 5.41) is 0. The Kier molecular flexibility index (Phi) is 2.61. The number of ether oxygens (including phenoxy) is 2. The average molecular weight is 184 g/mol. The van der Waals surface area contributed by atoms with Crippen molar-refractivity contribution in [3.8, 4) is 0 Å². The number of hydrogen-bond donors (Lipinski definition) is 0. The van der Waals surface area contributed by atoms with E-state index in [4.69, 9.17) is 9.47 Å². The highest BCUT2D eigenvalue weighted by Gasteiger charge is 2.54. The van der Waals surface area contributed by atoms with Crippen molar-refractivity contribution in [2.24, 2.45) is 17.3 Å². The van der Waals surface area contributed by atoms with Crippen LogP contribution >= 0.6 is 0 Å². The van der Waals surface area contributed by atoms with Gasteiger partial charge in [-0.15, -0.1) is 0 Å². The van der Waals surface area contributed by atoms with Crippen molar-refractivity contribution >= 4 is 0 Å². The monoisotopic (exact) mass is 184 g/mol. The van der Waals surface area contributed by atoms with Crippen LogP contribution in [-0.4, -0.2) is 27.4 Å². The molecule has 2 aliphatic carbocycles. The summed E-state index contributed by atoms with van der Waals surface area (Å²) >= 11 is 0.